The number of nitrogens with zero attached hydrogens (tertiary/aromatic N) is 1. The zero-order valence-corrected chi connectivity index (χ0v) is 14.5. The Labute approximate surface area is 131 Å². The highest BCUT2D eigenvalue weighted by molar-refractivity contribution is 5.91. The molecule has 0 saturated carbocycles. The number of hydrogen-bond donors (Lipinski definition) is 2. The molecule has 3 heteroatoms. The van der Waals surface area contributed by atoms with Crippen molar-refractivity contribution < 1.29 is 10.3 Å². The Hall–Kier alpha value is -0.570. The Bertz CT molecular complexity index is 266. The van der Waals surface area contributed by atoms with Gasteiger partial charge in [0.05, 0.1) is 5.71 Å². The van der Waals surface area contributed by atoms with Crippen molar-refractivity contribution in [2.45, 2.75) is 110 Å². The van der Waals surface area contributed by atoms with E-state index in [1.54, 1.807) is 0 Å². The molecule has 1 unspecified atom stereocenters. The average molecular weight is 299 g/mol. The molecule has 2 N–H and O–H groups in total. The van der Waals surface area contributed by atoms with Crippen LogP contribution < -0.4 is 0 Å². The van der Waals surface area contributed by atoms with Gasteiger partial charge in [-0.2, -0.15) is 0 Å². The lowest BCUT2D eigenvalue weighted by Crippen LogP contribution is -2.39. The molecule has 0 aromatic heterocycles. The molecule has 0 heterocycles. The van der Waals surface area contributed by atoms with Crippen LogP contribution in [-0.2, 0) is 0 Å². The van der Waals surface area contributed by atoms with Gasteiger partial charge < -0.3 is 10.3 Å². The van der Waals surface area contributed by atoms with E-state index in [9.17, 15) is 10.3 Å². The first-order valence-corrected chi connectivity index (χ1v) is 9.08. The molecule has 0 fully saturated rings. The van der Waals surface area contributed by atoms with E-state index in [0.717, 1.165) is 70.6 Å². The van der Waals surface area contributed by atoms with Crippen LogP contribution in [0.1, 0.15) is 104 Å². The second-order valence-corrected chi connectivity index (χ2v) is 6.30. The zero-order valence-electron chi connectivity index (χ0n) is 14.5. The van der Waals surface area contributed by atoms with Crippen molar-refractivity contribution in [3.63, 3.8) is 0 Å². The quantitative estimate of drug-likeness (QED) is 0.188. The highest BCUT2D eigenvalue weighted by Gasteiger charge is 2.32. The second kappa shape index (κ2) is 13.1. The van der Waals surface area contributed by atoms with Gasteiger partial charge >= 0.3 is 0 Å². The van der Waals surface area contributed by atoms with Gasteiger partial charge in [-0.1, -0.05) is 83.7 Å². The molecule has 0 rings (SSSR count). The zero-order chi connectivity index (χ0) is 16.0. The summed E-state index contributed by atoms with van der Waals surface area (Å²) in [5.41, 5.74) is -0.269. The molecule has 1 atom stereocenters. The van der Waals surface area contributed by atoms with Crippen molar-refractivity contribution in [2.24, 2.45) is 5.16 Å². The molecule has 0 aliphatic carbocycles. The molecule has 0 aliphatic rings. The minimum atomic E-state index is -0.884. The SMILES string of the molecule is CCCCCCC(O)(CCCCC)C(CCCCC)=NO. The van der Waals surface area contributed by atoms with Gasteiger partial charge in [0.15, 0.2) is 0 Å². The lowest BCUT2D eigenvalue weighted by Gasteiger charge is -2.29. The molecule has 0 radical (unpaired) electrons. The smallest absolute Gasteiger partial charge is 0.106 e. The molecule has 0 bridgehead atoms. The van der Waals surface area contributed by atoms with Crippen LogP contribution in [0.3, 0.4) is 0 Å². The van der Waals surface area contributed by atoms with Crippen LogP contribution in [0.4, 0.5) is 0 Å². The molecule has 0 amide bonds. The van der Waals surface area contributed by atoms with Gasteiger partial charge in [-0.15, -0.1) is 0 Å². The monoisotopic (exact) mass is 299 g/mol. The predicted octanol–water partition coefficient (Wildman–Crippen LogP) is 5.68. The van der Waals surface area contributed by atoms with Crippen molar-refractivity contribution in [1.82, 2.24) is 0 Å². The van der Waals surface area contributed by atoms with Gasteiger partial charge in [0.2, 0.25) is 0 Å². The highest BCUT2D eigenvalue weighted by atomic mass is 16.4. The minimum Gasteiger partial charge on any atom is -0.411 e. The van der Waals surface area contributed by atoms with Gasteiger partial charge in [0, 0.05) is 0 Å². The summed E-state index contributed by atoms with van der Waals surface area (Å²) in [6.45, 7) is 6.52. The molecular formula is C18H37NO2. The first kappa shape index (κ1) is 20.4. The number of unbranched alkanes of at least 4 members (excludes halogenated alkanes) is 7. The van der Waals surface area contributed by atoms with Crippen molar-refractivity contribution in [1.29, 1.82) is 0 Å². The average Bonchev–Trinajstić information content (AvgIpc) is 2.48. The van der Waals surface area contributed by atoms with Crippen LogP contribution in [0.5, 0.6) is 0 Å². The summed E-state index contributed by atoms with van der Waals surface area (Å²) in [6, 6.07) is 0. The Balaban J connectivity index is 4.56. The van der Waals surface area contributed by atoms with Crippen LogP contribution >= 0.6 is 0 Å². The summed E-state index contributed by atoms with van der Waals surface area (Å²) in [7, 11) is 0. The molecule has 21 heavy (non-hydrogen) atoms. The number of hydrogen-bond acceptors (Lipinski definition) is 3. The third kappa shape index (κ3) is 9.13. The lowest BCUT2D eigenvalue weighted by atomic mass is 9.83. The molecular weight excluding hydrogens is 262 g/mol. The third-order valence-electron chi connectivity index (χ3n) is 4.31. The van der Waals surface area contributed by atoms with Gasteiger partial charge in [-0.25, -0.2) is 0 Å². The lowest BCUT2D eigenvalue weighted by molar-refractivity contribution is 0.0800. The highest BCUT2D eigenvalue weighted by Crippen LogP contribution is 2.27. The maximum Gasteiger partial charge on any atom is 0.106 e. The minimum absolute atomic E-state index is 0.614. The van der Waals surface area contributed by atoms with E-state index in [2.05, 4.69) is 25.9 Å². The maximum atomic E-state index is 11.0. The van der Waals surface area contributed by atoms with Crippen LogP contribution in [-0.4, -0.2) is 21.6 Å². The molecule has 126 valence electrons. The molecule has 0 spiro atoms. The normalized spacial score (nSPS) is 15.1. The van der Waals surface area contributed by atoms with Gasteiger partial charge in [-0.3, -0.25) is 0 Å². The summed E-state index contributed by atoms with van der Waals surface area (Å²) < 4.78 is 0. The summed E-state index contributed by atoms with van der Waals surface area (Å²) >= 11 is 0. The van der Waals surface area contributed by atoms with E-state index in [0.29, 0.717) is 5.71 Å². The van der Waals surface area contributed by atoms with E-state index in [1.807, 2.05) is 0 Å². The van der Waals surface area contributed by atoms with E-state index >= 15 is 0 Å². The predicted molar refractivity (Wildman–Crippen MR) is 91.2 cm³/mol. The Morgan fingerprint density at radius 2 is 1.24 bits per heavy atom. The fourth-order valence-electron chi connectivity index (χ4n) is 2.84. The number of rotatable bonds is 14. The van der Waals surface area contributed by atoms with E-state index in [-0.39, 0.29) is 0 Å². The van der Waals surface area contributed by atoms with Crippen molar-refractivity contribution >= 4 is 5.71 Å². The molecule has 0 aliphatic heterocycles. The molecule has 0 saturated heterocycles. The van der Waals surface area contributed by atoms with Gasteiger partial charge in [-0.05, 0) is 25.7 Å². The number of oxime groups is 1. The molecule has 0 aromatic rings. The second-order valence-electron chi connectivity index (χ2n) is 6.30. The first-order valence-electron chi connectivity index (χ1n) is 9.08. The standard InChI is InChI=1S/C18H37NO2/c1-4-7-10-13-16-18(20,15-12-9-6-3)17(19-21)14-11-8-5-2/h20-21H,4-16H2,1-3H3. The Morgan fingerprint density at radius 3 is 1.76 bits per heavy atom. The Morgan fingerprint density at radius 1 is 0.762 bits per heavy atom. The van der Waals surface area contributed by atoms with Crippen LogP contribution in [0, 0.1) is 0 Å². The third-order valence-corrected chi connectivity index (χ3v) is 4.31. The van der Waals surface area contributed by atoms with Gasteiger partial charge in [0.1, 0.15) is 5.60 Å². The summed E-state index contributed by atoms with van der Waals surface area (Å²) in [4.78, 5) is 0. The first-order chi connectivity index (χ1) is 10.1. The van der Waals surface area contributed by atoms with E-state index in [1.165, 1.54) is 12.8 Å². The van der Waals surface area contributed by atoms with E-state index in [4.69, 9.17) is 0 Å². The largest absolute Gasteiger partial charge is 0.411 e. The van der Waals surface area contributed by atoms with Crippen LogP contribution in [0.15, 0.2) is 5.16 Å². The van der Waals surface area contributed by atoms with Crippen molar-refractivity contribution in [3.8, 4) is 0 Å². The maximum absolute atomic E-state index is 11.0. The van der Waals surface area contributed by atoms with Crippen molar-refractivity contribution in [3.05, 3.63) is 0 Å². The number of aliphatic hydroxyl groups is 1. The van der Waals surface area contributed by atoms with E-state index < -0.39 is 5.60 Å². The van der Waals surface area contributed by atoms with Crippen molar-refractivity contribution in [2.75, 3.05) is 0 Å². The summed E-state index contributed by atoms with van der Waals surface area (Å²) in [5, 5.41) is 23.8. The Kier molecular flexibility index (Phi) is 12.8. The fourth-order valence-corrected chi connectivity index (χ4v) is 2.84. The summed E-state index contributed by atoms with van der Waals surface area (Å²) in [6.07, 6.45) is 13.3. The molecule has 3 nitrogen and oxygen atoms in total. The molecule has 0 aromatic carbocycles. The van der Waals surface area contributed by atoms with Crippen LogP contribution in [0.25, 0.3) is 0 Å². The van der Waals surface area contributed by atoms with Gasteiger partial charge in [0.25, 0.3) is 0 Å². The topological polar surface area (TPSA) is 52.8 Å². The van der Waals surface area contributed by atoms with Crippen LogP contribution in [0.2, 0.25) is 0 Å². The summed E-state index contributed by atoms with van der Waals surface area (Å²) in [5.74, 6) is 0. The fraction of sp³-hybridized carbons (Fsp3) is 0.944.